The number of nitrogens with one attached hydrogen (secondary N) is 1. The maximum absolute atomic E-state index is 10.7. The molecule has 0 aromatic carbocycles. The molecule has 4 nitrogen and oxygen atoms in total. The summed E-state index contributed by atoms with van der Waals surface area (Å²) in [4.78, 5) is 13.1. The van der Waals surface area contributed by atoms with Gasteiger partial charge in [-0.1, -0.05) is 6.92 Å². The summed E-state index contributed by atoms with van der Waals surface area (Å²) in [5.41, 5.74) is 2.79. The Kier molecular flexibility index (Phi) is 3.49. The second-order valence-electron chi connectivity index (χ2n) is 3.09. The SMILES string of the molecule is CCN1CCN(NC(C)=O)CC1. The van der Waals surface area contributed by atoms with Crippen molar-refractivity contribution in [3.05, 3.63) is 0 Å². The zero-order valence-electron chi connectivity index (χ0n) is 7.84. The van der Waals surface area contributed by atoms with Gasteiger partial charge in [0, 0.05) is 33.1 Å². The molecule has 1 amide bonds. The molecule has 0 spiro atoms. The monoisotopic (exact) mass is 171 g/mol. The molecule has 1 fully saturated rings. The van der Waals surface area contributed by atoms with Crippen molar-refractivity contribution in [1.29, 1.82) is 0 Å². The second-order valence-corrected chi connectivity index (χ2v) is 3.09. The third-order valence-electron chi connectivity index (χ3n) is 2.14. The number of hydrogen-bond donors (Lipinski definition) is 1. The topological polar surface area (TPSA) is 35.6 Å². The van der Waals surface area contributed by atoms with E-state index < -0.39 is 0 Å². The van der Waals surface area contributed by atoms with Crippen LogP contribution in [-0.4, -0.2) is 48.5 Å². The third kappa shape index (κ3) is 2.79. The zero-order chi connectivity index (χ0) is 8.97. The average Bonchev–Trinajstić information content (AvgIpc) is 2.05. The summed E-state index contributed by atoms with van der Waals surface area (Å²) in [6.07, 6.45) is 0. The molecule has 1 saturated heterocycles. The average molecular weight is 171 g/mol. The highest BCUT2D eigenvalue weighted by Crippen LogP contribution is 1.97. The Labute approximate surface area is 73.5 Å². The van der Waals surface area contributed by atoms with Gasteiger partial charge in [0.2, 0.25) is 5.91 Å². The van der Waals surface area contributed by atoms with Gasteiger partial charge in [-0.25, -0.2) is 5.01 Å². The first kappa shape index (κ1) is 9.48. The van der Waals surface area contributed by atoms with Crippen LogP contribution in [0.1, 0.15) is 13.8 Å². The van der Waals surface area contributed by atoms with Crippen molar-refractivity contribution in [2.75, 3.05) is 32.7 Å². The Hall–Kier alpha value is -0.610. The van der Waals surface area contributed by atoms with Gasteiger partial charge in [-0.2, -0.15) is 0 Å². The number of carbonyl (C=O) groups excluding carboxylic acids is 1. The van der Waals surface area contributed by atoms with Gasteiger partial charge in [-0.15, -0.1) is 0 Å². The first-order valence-corrected chi connectivity index (χ1v) is 4.47. The molecular weight excluding hydrogens is 154 g/mol. The molecule has 12 heavy (non-hydrogen) atoms. The van der Waals surface area contributed by atoms with E-state index in [2.05, 4.69) is 17.2 Å². The first-order valence-electron chi connectivity index (χ1n) is 4.47. The highest BCUT2D eigenvalue weighted by atomic mass is 16.2. The molecular formula is C8H17N3O. The van der Waals surface area contributed by atoms with Gasteiger partial charge < -0.3 is 4.90 Å². The molecule has 0 saturated carbocycles. The highest BCUT2D eigenvalue weighted by Gasteiger charge is 2.15. The number of amides is 1. The fourth-order valence-corrected chi connectivity index (χ4v) is 1.40. The molecule has 4 heteroatoms. The van der Waals surface area contributed by atoms with Crippen molar-refractivity contribution in [2.24, 2.45) is 0 Å². The van der Waals surface area contributed by atoms with Gasteiger partial charge in [-0.05, 0) is 6.54 Å². The summed E-state index contributed by atoms with van der Waals surface area (Å²) in [7, 11) is 0. The molecule has 0 atom stereocenters. The standard InChI is InChI=1S/C8H17N3O/c1-3-10-4-6-11(7-5-10)9-8(2)12/h3-7H2,1-2H3,(H,9,12). The molecule has 1 rings (SSSR count). The molecule has 0 aromatic rings. The molecule has 0 unspecified atom stereocenters. The van der Waals surface area contributed by atoms with Gasteiger partial charge in [-0.3, -0.25) is 10.2 Å². The predicted molar refractivity (Wildman–Crippen MR) is 47.5 cm³/mol. The van der Waals surface area contributed by atoms with Crippen LogP contribution >= 0.6 is 0 Å². The van der Waals surface area contributed by atoms with Crippen LogP contribution in [-0.2, 0) is 4.79 Å². The quantitative estimate of drug-likeness (QED) is 0.618. The van der Waals surface area contributed by atoms with Crippen molar-refractivity contribution in [3.8, 4) is 0 Å². The van der Waals surface area contributed by atoms with Crippen molar-refractivity contribution in [1.82, 2.24) is 15.3 Å². The Bertz CT molecular complexity index is 152. The Morgan fingerprint density at radius 2 is 1.92 bits per heavy atom. The fourth-order valence-electron chi connectivity index (χ4n) is 1.40. The molecule has 0 radical (unpaired) electrons. The van der Waals surface area contributed by atoms with Crippen LogP contribution in [0.5, 0.6) is 0 Å². The van der Waals surface area contributed by atoms with Crippen LogP contribution in [0, 0.1) is 0 Å². The lowest BCUT2D eigenvalue weighted by Crippen LogP contribution is -2.52. The van der Waals surface area contributed by atoms with Gasteiger partial charge in [0.1, 0.15) is 0 Å². The Morgan fingerprint density at radius 3 is 2.33 bits per heavy atom. The summed E-state index contributed by atoms with van der Waals surface area (Å²) in [6.45, 7) is 8.79. The summed E-state index contributed by atoms with van der Waals surface area (Å²) in [5.74, 6) is 0.0277. The molecule has 70 valence electrons. The van der Waals surface area contributed by atoms with E-state index in [0.717, 1.165) is 32.7 Å². The van der Waals surface area contributed by atoms with E-state index in [9.17, 15) is 4.79 Å². The predicted octanol–water partition coefficient (Wildman–Crippen LogP) is -0.325. The lowest BCUT2D eigenvalue weighted by Gasteiger charge is -2.33. The van der Waals surface area contributed by atoms with Gasteiger partial charge in [0.05, 0.1) is 0 Å². The van der Waals surface area contributed by atoms with E-state index in [1.165, 1.54) is 0 Å². The number of nitrogens with zero attached hydrogens (tertiary/aromatic N) is 2. The molecule has 0 aromatic heterocycles. The maximum Gasteiger partial charge on any atom is 0.231 e. The van der Waals surface area contributed by atoms with Gasteiger partial charge >= 0.3 is 0 Å². The molecule has 1 N–H and O–H groups in total. The smallest absolute Gasteiger partial charge is 0.231 e. The van der Waals surface area contributed by atoms with Crippen LogP contribution in [0.3, 0.4) is 0 Å². The van der Waals surface area contributed by atoms with Gasteiger partial charge in [0.25, 0.3) is 0 Å². The van der Waals surface area contributed by atoms with Crippen LogP contribution in [0.15, 0.2) is 0 Å². The Balaban J connectivity index is 2.21. The third-order valence-corrected chi connectivity index (χ3v) is 2.14. The summed E-state index contributed by atoms with van der Waals surface area (Å²) < 4.78 is 0. The van der Waals surface area contributed by atoms with Crippen molar-refractivity contribution >= 4 is 5.91 Å². The van der Waals surface area contributed by atoms with Crippen molar-refractivity contribution < 1.29 is 4.79 Å². The zero-order valence-corrected chi connectivity index (χ0v) is 7.84. The van der Waals surface area contributed by atoms with E-state index in [0.29, 0.717) is 0 Å². The number of rotatable bonds is 2. The summed E-state index contributed by atoms with van der Waals surface area (Å²) >= 11 is 0. The minimum Gasteiger partial charge on any atom is -0.301 e. The van der Waals surface area contributed by atoms with E-state index in [-0.39, 0.29) is 5.91 Å². The normalized spacial score (nSPS) is 20.8. The van der Waals surface area contributed by atoms with E-state index in [4.69, 9.17) is 0 Å². The van der Waals surface area contributed by atoms with Crippen LogP contribution in [0.4, 0.5) is 0 Å². The van der Waals surface area contributed by atoms with E-state index in [1.807, 2.05) is 5.01 Å². The second kappa shape index (κ2) is 4.42. The highest BCUT2D eigenvalue weighted by molar-refractivity contribution is 5.72. The van der Waals surface area contributed by atoms with Crippen LogP contribution in [0.25, 0.3) is 0 Å². The minimum atomic E-state index is 0.0277. The molecule has 1 aliphatic rings. The molecule has 0 bridgehead atoms. The number of likely N-dealkylation sites (N-methyl/N-ethyl adjacent to an activating group) is 1. The molecule has 1 heterocycles. The molecule has 1 aliphatic heterocycles. The summed E-state index contributed by atoms with van der Waals surface area (Å²) in [5, 5.41) is 1.98. The number of hydrazine groups is 1. The summed E-state index contributed by atoms with van der Waals surface area (Å²) in [6, 6.07) is 0. The minimum absolute atomic E-state index is 0.0277. The van der Waals surface area contributed by atoms with Crippen LogP contribution in [0.2, 0.25) is 0 Å². The first-order chi connectivity index (χ1) is 5.72. The van der Waals surface area contributed by atoms with Crippen molar-refractivity contribution in [3.63, 3.8) is 0 Å². The van der Waals surface area contributed by atoms with Gasteiger partial charge in [0.15, 0.2) is 0 Å². The lowest BCUT2D eigenvalue weighted by molar-refractivity contribution is -0.124. The maximum atomic E-state index is 10.7. The van der Waals surface area contributed by atoms with E-state index >= 15 is 0 Å². The lowest BCUT2D eigenvalue weighted by atomic mass is 10.3. The van der Waals surface area contributed by atoms with Crippen LogP contribution < -0.4 is 5.43 Å². The number of hydrogen-bond acceptors (Lipinski definition) is 3. The largest absolute Gasteiger partial charge is 0.301 e. The number of carbonyl (C=O) groups is 1. The van der Waals surface area contributed by atoms with E-state index in [1.54, 1.807) is 6.92 Å². The fraction of sp³-hybridized carbons (Fsp3) is 0.875. The number of piperazine rings is 1. The van der Waals surface area contributed by atoms with Crippen molar-refractivity contribution in [2.45, 2.75) is 13.8 Å². The Morgan fingerprint density at radius 1 is 1.33 bits per heavy atom. The molecule has 0 aliphatic carbocycles.